The minimum Gasteiger partial charge on any atom is -0.484 e. The van der Waals surface area contributed by atoms with E-state index in [0.29, 0.717) is 11.3 Å². The number of aromatic amines is 2. The molecule has 0 atom stereocenters. The highest BCUT2D eigenvalue weighted by Crippen LogP contribution is 2.26. The van der Waals surface area contributed by atoms with E-state index in [-0.39, 0.29) is 18.1 Å². The van der Waals surface area contributed by atoms with Gasteiger partial charge in [0.2, 0.25) is 0 Å². The number of fused-ring (bicyclic) bond motifs is 2. The number of carbonyl (C=O) groups excluding carboxylic acids is 1. The van der Waals surface area contributed by atoms with Crippen LogP contribution in [0.15, 0.2) is 59.4 Å². The topological polar surface area (TPSA) is 78.2 Å². The fourth-order valence-electron chi connectivity index (χ4n) is 2.97. The smallest absolute Gasteiger partial charge is 0.259 e. The zero-order chi connectivity index (χ0) is 19.0. The lowest BCUT2D eigenvalue weighted by molar-refractivity contribution is -0.130. The van der Waals surface area contributed by atoms with Gasteiger partial charge in [0.15, 0.2) is 6.61 Å². The Morgan fingerprint density at radius 3 is 2.56 bits per heavy atom. The van der Waals surface area contributed by atoms with Crippen molar-refractivity contribution in [1.82, 2.24) is 14.9 Å². The molecule has 0 aliphatic carbocycles. The van der Waals surface area contributed by atoms with E-state index >= 15 is 0 Å². The number of nitrogens with zero attached hydrogens (tertiary/aromatic N) is 1. The maximum Gasteiger partial charge on any atom is 0.259 e. The Balaban J connectivity index is 1.69. The summed E-state index contributed by atoms with van der Waals surface area (Å²) in [5.74, 6) is 0.503. The van der Waals surface area contributed by atoms with Crippen molar-refractivity contribution in [3.05, 3.63) is 65.0 Å². The maximum atomic E-state index is 12.5. The summed E-state index contributed by atoms with van der Waals surface area (Å²) in [7, 11) is 3.38. The summed E-state index contributed by atoms with van der Waals surface area (Å²) in [6.45, 7) is -0.0138. The monoisotopic (exact) mass is 361 g/mol. The number of benzene rings is 2. The van der Waals surface area contributed by atoms with Crippen molar-refractivity contribution < 1.29 is 9.53 Å². The third-order valence-corrected chi connectivity index (χ3v) is 4.50. The summed E-state index contributed by atoms with van der Waals surface area (Å²) in [6.07, 6.45) is 0. The number of H-pyrrole nitrogens is 2. The molecule has 6 nitrogen and oxygen atoms in total. The quantitative estimate of drug-likeness (QED) is 0.586. The molecule has 2 aromatic heterocycles. The van der Waals surface area contributed by atoms with Crippen molar-refractivity contribution in [2.45, 2.75) is 0 Å². The summed E-state index contributed by atoms with van der Waals surface area (Å²) in [5, 5.41) is 1.88. The van der Waals surface area contributed by atoms with Gasteiger partial charge in [0.1, 0.15) is 5.75 Å². The number of likely N-dealkylation sites (N-methyl/N-ethyl adjacent to an activating group) is 1. The van der Waals surface area contributed by atoms with Crippen LogP contribution in [0.1, 0.15) is 0 Å². The molecule has 0 bridgehead atoms. The van der Waals surface area contributed by atoms with Gasteiger partial charge >= 0.3 is 0 Å². The minimum atomic E-state index is -0.145. The minimum absolute atomic E-state index is 0.0138. The number of nitrogens with one attached hydrogen (secondary N) is 2. The van der Waals surface area contributed by atoms with Gasteiger partial charge in [0, 0.05) is 30.5 Å². The number of amides is 1. The number of carbonyl (C=O) groups is 1. The zero-order valence-corrected chi connectivity index (χ0v) is 15.1. The molecular weight excluding hydrogens is 342 g/mol. The summed E-state index contributed by atoms with van der Waals surface area (Å²) >= 11 is 0. The van der Waals surface area contributed by atoms with E-state index in [1.54, 1.807) is 20.2 Å². The van der Waals surface area contributed by atoms with Crippen molar-refractivity contribution in [2.24, 2.45) is 0 Å². The third-order valence-electron chi connectivity index (χ3n) is 4.50. The van der Waals surface area contributed by atoms with Gasteiger partial charge in [-0.15, -0.1) is 0 Å². The molecular formula is C21H19N3O3. The molecule has 2 heterocycles. The van der Waals surface area contributed by atoms with Crippen molar-refractivity contribution in [3.8, 4) is 17.0 Å². The summed E-state index contributed by atoms with van der Waals surface area (Å²) < 4.78 is 5.56. The van der Waals surface area contributed by atoms with Crippen molar-refractivity contribution >= 4 is 27.7 Å². The van der Waals surface area contributed by atoms with Gasteiger partial charge in [-0.25, -0.2) is 0 Å². The van der Waals surface area contributed by atoms with Crippen molar-refractivity contribution in [3.63, 3.8) is 0 Å². The molecule has 0 radical (unpaired) electrons. The van der Waals surface area contributed by atoms with Crippen LogP contribution in [0.25, 0.3) is 33.1 Å². The predicted octanol–water partition coefficient (Wildman–Crippen LogP) is 3.14. The van der Waals surface area contributed by atoms with Crippen LogP contribution in [-0.4, -0.2) is 41.5 Å². The largest absolute Gasteiger partial charge is 0.484 e. The van der Waals surface area contributed by atoms with Crippen LogP contribution in [-0.2, 0) is 4.79 Å². The Labute approximate surface area is 155 Å². The SMILES string of the molecule is CN(C)C(=O)COc1ccc2[nH]c(-c3cc4ccccc4[nH]c3=O)cc2c1. The van der Waals surface area contributed by atoms with Crippen LogP contribution >= 0.6 is 0 Å². The fourth-order valence-corrected chi connectivity index (χ4v) is 2.97. The Bertz CT molecular complexity index is 1200. The third kappa shape index (κ3) is 3.29. The second kappa shape index (κ2) is 6.64. The number of para-hydroxylation sites is 1. The van der Waals surface area contributed by atoms with E-state index < -0.39 is 0 Å². The Kier molecular flexibility index (Phi) is 4.16. The number of hydrogen-bond donors (Lipinski definition) is 2. The molecule has 2 aromatic carbocycles. The number of pyridine rings is 1. The predicted molar refractivity (Wildman–Crippen MR) is 106 cm³/mol. The molecule has 4 aromatic rings. The van der Waals surface area contributed by atoms with Crippen molar-refractivity contribution in [2.75, 3.05) is 20.7 Å². The van der Waals surface area contributed by atoms with E-state index in [1.807, 2.05) is 48.5 Å². The summed E-state index contributed by atoms with van der Waals surface area (Å²) in [5.41, 5.74) is 2.87. The van der Waals surface area contributed by atoms with Gasteiger partial charge in [-0.2, -0.15) is 0 Å². The van der Waals surface area contributed by atoms with Gasteiger partial charge in [-0.3, -0.25) is 9.59 Å². The number of ether oxygens (including phenoxy) is 1. The number of hydrogen-bond acceptors (Lipinski definition) is 3. The van der Waals surface area contributed by atoms with Gasteiger partial charge in [-0.1, -0.05) is 18.2 Å². The second-order valence-electron chi connectivity index (χ2n) is 6.61. The Morgan fingerprint density at radius 2 is 1.74 bits per heavy atom. The highest BCUT2D eigenvalue weighted by Gasteiger charge is 2.10. The molecule has 1 amide bonds. The van der Waals surface area contributed by atoms with Crippen LogP contribution in [0.2, 0.25) is 0 Å². The van der Waals surface area contributed by atoms with Crippen molar-refractivity contribution in [1.29, 1.82) is 0 Å². The first-order valence-electron chi connectivity index (χ1n) is 8.59. The molecule has 0 aliphatic rings. The second-order valence-corrected chi connectivity index (χ2v) is 6.61. The van der Waals surface area contributed by atoms with E-state index in [0.717, 1.165) is 27.5 Å². The number of aromatic nitrogens is 2. The first kappa shape index (κ1) is 16.9. The summed E-state index contributed by atoms with van der Waals surface area (Å²) in [4.78, 5) is 31.8. The molecule has 0 fully saturated rings. The Morgan fingerprint density at radius 1 is 0.963 bits per heavy atom. The van der Waals surface area contributed by atoms with Gasteiger partial charge in [-0.05, 0) is 41.8 Å². The maximum absolute atomic E-state index is 12.5. The highest BCUT2D eigenvalue weighted by atomic mass is 16.5. The average molecular weight is 361 g/mol. The number of rotatable bonds is 4. The molecule has 6 heteroatoms. The highest BCUT2D eigenvalue weighted by molar-refractivity contribution is 5.89. The lowest BCUT2D eigenvalue weighted by Gasteiger charge is -2.11. The van der Waals surface area contributed by atoms with Crippen LogP contribution in [0, 0.1) is 0 Å². The normalized spacial score (nSPS) is 11.0. The lowest BCUT2D eigenvalue weighted by atomic mass is 10.1. The molecule has 0 saturated carbocycles. The molecule has 0 aliphatic heterocycles. The first-order valence-corrected chi connectivity index (χ1v) is 8.59. The lowest BCUT2D eigenvalue weighted by Crippen LogP contribution is -2.27. The average Bonchev–Trinajstić information content (AvgIpc) is 3.08. The fraction of sp³-hybridized carbons (Fsp3) is 0.143. The summed E-state index contributed by atoms with van der Waals surface area (Å²) in [6, 6.07) is 17.0. The molecule has 0 saturated heterocycles. The van der Waals surface area contributed by atoms with Crippen LogP contribution < -0.4 is 10.3 Å². The molecule has 27 heavy (non-hydrogen) atoms. The molecule has 0 unspecified atom stereocenters. The van der Waals surface area contributed by atoms with Gasteiger partial charge < -0.3 is 19.6 Å². The van der Waals surface area contributed by atoms with Gasteiger partial charge in [0.25, 0.3) is 11.5 Å². The van der Waals surface area contributed by atoms with Gasteiger partial charge in [0.05, 0.1) is 11.3 Å². The van der Waals surface area contributed by atoms with E-state index in [2.05, 4.69) is 9.97 Å². The van der Waals surface area contributed by atoms with Crippen LogP contribution in [0.4, 0.5) is 0 Å². The standard InChI is InChI=1S/C21H19N3O3/c1-24(2)20(25)12-27-15-7-8-18-14(9-15)11-19(22-18)16-10-13-5-3-4-6-17(13)23-21(16)26/h3-11,22H,12H2,1-2H3,(H,23,26). The molecule has 4 rings (SSSR count). The molecule has 2 N–H and O–H groups in total. The first-order chi connectivity index (χ1) is 13.0. The van der Waals surface area contributed by atoms with E-state index in [1.165, 1.54) is 4.90 Å². The Hall–Kier alpha value is -3.54. The van der Waals surface area contributed by atoms with Crippen LogP contribution in [0.3, 0.4) is 0 Å². The van der Waals surface area contributed by atoms with E-state index in [4.69, 9.17) is 4.74 Å². The van der Waals surface area contributed by atoms with Crippen LogP contribution in [0.5, 0.6) is 5.75 Å². The molecule has 0 spiro atoms. The van der Waals surface area contributed by atoms with E-state index in [9.17, 15) is 9.59 Å². The zero-order valence-electron chi connectivity index (χ0n) is 15.1. The molecule has 136 valence electrons.